The molecular formula is C27H22ClFN2O3S. The molecule has 0 aliphatic heterocycles. The minimum Gasteiger partial charge on any atom is -0.490 e. The van der Waals surface area contributed by atoms with Gasteiger partial charge in [-0.1, -0.05) is 35.1 Å². The van der Waals surface area contributed by atoms with E-state index in [9.17, 15) is 9.18 Å². The molecule has 0 radical (unpaired) electrons. The second-order valence-corrected chi connectivity index (χ2v) is 9.67. The third-order valence-electron chi connectivity index (χ3n) is 5.76. The van der Waals surface area contributed by atoms with Crippen LogP contribution in [0.5, 0.6) is 11.5 Å². The van der Waals surface area contributed by atoms with Crippen molar-refractivity contribution in [3.05, 3.63) is 96.5 Å². The first-order valence-electron chi connectivity index (χ1n) is 11.1. The topological polar surface area (TPSA) is 52.8 Å². The van der Waals surface area contributed by atoms with E-state index in [-0.39, 0.29) is 18.0 Å². The van der Waals surface area contributed by atoms with E-state index < -0.39 is 0 Å². The third kappa shape index (κ3) is 4.49. The number of ether oxygens (including phenoxy) is 2. The van der Waals surface area contributed by atoms with Crippen LogP contribution in [0.4, 0.5) is 4.39 Å². The lowest BCUT2D eigenvalue weighted by Gasteiger charge is -2.14. The van der Waals surface area contributed by atoms with E-state index in [0.717, 1.165) is 22.2 Å². The van der Waals surface area contributed by atoms with Gasteiger partial charge in [0.15, 0.2) is 16.5 Å². The maximum atomic E-state index is 13.5. The van der Waals surface area contributed by atoms with Crippen LogP contribution in [0, 0.1) is 19.7 Å². The molecule has 0 spiro atoms. The largest absolute Gasteiger partial charge is 0.490 e. The molecule has 0 saturated heterocycles. The lowest BCUT2D eigenvalue weighted by molar-refractivity contribution is 0.269. The highest BCUT2D eigenvalue weighted by Gasteiger charge is 2.15. The van der Waals surface area contributed by atoms with Crippen molar-refractivity contribution in [2.24, 2.45) is 0 Å². The fourth-order valence-electron chi connectivity index (χ4n) is 3.93. The summed E-state index contributed by atoms with van der Waals surface area (Å²) in [6.07, 6.45) is 1.78. The molecule has 3 aromatic carbocycles. The highest BCUT2D eigenvalue weighted by molar-refractivity contribution is 7.15. The van der Waals surface area contributed by atoms with Gasteiger partial charge >= 0.3 is 0 Å². The van der Waals surface area contributed by atoms with E-state index in [1.807, 2.05) is 32.9 Å². The molecule has 0 unspecified atom stereocenters. The second-order valence-electron chi connectivity index (χ2n) is 8.25. The molecule has 0 fully saturated rings. The highest BCUT2D eigenvalue weighted by atomic mass is 35.5. The highest BCUT2D eigenvalue weighted by Crippen LogP contribution is 2.37. The van der Waals surface area contributed by atoms with Crippen LogP contribution in [-0.4, -0.2) is 16.0 Å². The van der Waals surface area contributed by atoms with Crippen molar-refractivity contribution in [2.45, 2.75) is 27.4 Å². The molecule has 8 heteroatoms. The summed E-state index contributed by atoms with van der Waals surface area (Å²) in [6, 6.07) is 13.7. The van der Waals surface area contributed by atoms with Crippen molar-refractivity contribution in [2.75, 3.05) is 6.61 Å². The zero-order valence-electron chi connectivity index (χ0n) is 19.4. The molecule has 0 bridgehead atoms. The van der Waals surface area contributed by atoms with Crippen molar-refractivity contribution < 1.29 is 13.9 Å². The van der Waals surface area contributed by atoms with Gasteiger partial charge in [-0.25, -0.2) is 13.8 Å². The summed E-state index contributed by atoms with van der Waals surface area (Å²) in [5.74, 6) is 0.490. The van der Waals surface area contributed by atoms with Gasteiger partial charge in [-0.05, 0) is 85.5 Å². The van der Waals surface area contributed by atoms with Crippen molar-refractivity contribution >= 4 is 45.0 Å². The number of hydrogen-bond donors (Lipinski definition) is 0. The van der Waals surface area contributed by atoms with E-state index in [4.69, 9.17) is 21.1 Å². The van der Waals surface area contributed by atoms with Gasteiger partial charge in [0, 0.05) is 0 Å². The predicted octanol–water partition coefficient (Wildman–Crippen LogP) is 5.84. The van der Waals surface area contributed by atoms with Gasteiger partial charge in [-0.15, -0.1) is 0 Å². The van der Waals surface area contributed by atoms with Crippen LogP contribution in [0.15, 0.2) is 53.3 Å². The first-order valence-corrected chi connectivity index (χ1v) is 12.3. The van der Waals surface area contributed by atoms with Gasteiger partial charge in [0.05, 0.1) is 27.2 Å². The number of benzene rings is 3. The molecule has 35 heavy (non-hydrogen) atoms. The quantitative estimate of drug-likeness (QED) is 0.289. The molecule has 5 nitrogen and oxygen atoms in total. The van der Waals surface area contributed by atoms with Gasteiger partial charge in [-0.2, -0.15) is 0 Å². The van der Waals surface area contributed by atoms with Gasteiger partial charge < -0.3 is 9.47 Å². The normalized spacial score (nSPS) is 12.1. The van der Waals surface area contributed by atoms with E-state index in [2.05, 4.69) is 4.98 Å². The molecular weight excluding hydrogens is 487 g/mol. The Morgan fingerprint density at radius 3 is 2.69 bits per heavy atom. The van der Waals surface area contributed by atoms with Crippen LogP contribution >= 0.6 is 22.9 Å². The number of imidazole rings is 1. The third-order valence-corrected chi connectivity index (χ3v) is 7.01. The predicted molar refractivity (Wildman–Crippen MR) is 138 cm³/mol. The van der Waals surface area contributed by atoms with Gasteiger partial charge in [0.1, 0.15) is 12.4 Å². The van der Waals surface area contributed by atoms with Crippen molar-refractivity contribution in [1.29, 1.82) is 0 Å². The summed E-state index contributed by atoms with van der Waals surface area (Å²) in [6.45, 7) is 6.46. The first kappa shape index (κ1) is 23.3. The number of aryl methyl sites for hydroxylation is 2. The molecule has 2 aromatic heterocycles. The Hall–Kier alpha value is -3.42. The summed E-state index contributed by atoms with van der Waals surface area (Å²) in [4.78, 5) is 18.5. The first-order chi connectivity index (χ1) is 16.8. The van der Waals surface area contributed by atoms with Crippen molar-refractivity contribution in [3.8, 4) is 11.5 Å². The second kappa shape index (κ2) is 9.32. The van der Waals surface area contributed by atoms with Gasteiger partial charge in [0.2, 0.25) is 0 Å². The van der Waals surface area contributed by atoms with E-state index >= 15 is 0 Å². The minimum atomic E-state index is -0.332. The fraction of sp³-hybridized carbons (Fsp3) is 0.185. The number of halogens is 2. The van der Waals surface area contributed by atoms with Crippen LogP contribution in [-0.2, 0) is 6.61 Å². The van der Waals surface area contributed by atoms with E-state index in [0.29, 0.717) is 43.7 Å². The standard InChI is InChI=1S/C27H22ClFN2O3S/c1-4-33-23-12-18(11-20(28)25(23)34-14-17-6-5-7-19(29)10-17)13-24-26(32)31-22-9-16(3)15(2)8-21(22)30-27(31)35-24/h5-13H,4,14H2,1-3H3/b24-13-. The summed E-state index contributed by atoms with van der Waals surface area (Å²) >= 11 is 7.88. The zero-order valence-corrected chi connectivity index (χ0v) is 21.0. The van der Waals surface area contributed by atoms with Gasteiger partial charge in [-0.3, -0.25) is 4.79 Å². The number of fused-ring (bicyclic) bond motifs is 3. The summed E-state index contributed by atoms with van der Waals surface area (Å²) in [5, 5.41) is 0.337. The Balaban J connectivity index is 1.54. The number of hydrogen-bond acceptors (Lipinski definition) is 5. The molecule has 2 heterocycles. The van der Waals surface area contributed by atoms with Crippen LogP contribution in [0.3, 0.4) is 0 Å². The lowest BCUT2D eigenvalue weighted by atomic mass is 10.1. The molecule has 0 N–H and O–H groups in total. The molecule has 5 rings (SSSR count). The van der Waals surface area contributed by atoms with Gasteiger partial charge in [0.25, 0.3) is 5.56 Å². The number of thiazole rings is 1. The van der Waals surface area contributed by atoms with Crippen molar-refractivity contribution in [3.63, 3.8) is 0 Å². The number of rotatable bonds is 6. The minimum absolute atomic E-state index is 0.128. The molecule has 5 aromatic rings. The number of aromatic nitrogens is 2. The van der Waals surface area contributed by atoms with Crippen LogP contribution in [0.1, 0.15) is 29.2 Å². The lowest BCUT2D eigenvalue weighted by Crippen LogP contribution is -2.22. The molecule has 0 aliphatic carbocycles. The Kier molecular flexibility index (Phi) is 6.21. The summed E-state index contributed by atoms with van der Waals surface area (Å²) in [5.41, 5.74) is 5.11. The molecule has 0 saturated carbocycles. The zero-order chi connectivity index (χ0) is 24.7. The molecule has 0 aliphatic rings. The summed E-state index contributed by atoms with van der Waals surface area (Å²) < 4.78 is 27.3. The Morgan fingerprint density at radius 1 is 1.11 bits per heavy atom. The summed E-state index contributed by atoms with van der Waals surface area (Å²) in [7, 11) is 0. The molecule has 178 valence electrons. The molecule has 0 amide bonds. The smallest absolute Gasteiger partial charge is 0.274 e. The monoisotopic (exact) mass is 508 g/mol. The Labute approximate surface area is 210 Å². The SMILES string of the molecule is CCOc1cc(/C=c2\sc3nc4cc(C)c(C)cc4n3c2=O)cc(Cl)c1OCc1cccc(F)c1. The number of nitrogens with zero attached hydrogens (tertiary/aromatic N) is 2. The van der Waals surface area contributed by atoms with E-state index in [1.54, 1.807) is 34.7 Å². The van der Waals surface area contributed by atoms with E-state index in [1.165, 1.54) is 23.5 Å². The van der Waals surface area contributed by atoms with Crippen LogP contribution in [0.2, 0.25) is 5.02 Å². The Bertz CT molecular complexity index is 1690. The van der Waals surface area contributed by atoms with Crippen molar-refractivity contribution in [1.82, 2.24) is 9.38 Å². The maximum Gasteiger partial charge on any atom is 0.274 e. The fourth-order valence-corrected chi connectivity index (χ4v) is 5.19. The average molecular weight is 509 g/mol. The molecule has 0 atom stereocenters. The van der Waals surface area contributed by atoms with Crippen LogP contribution in [0.25, 0.3) is 22.1 Å². The van der Waals surface area contributed by atoms with Crippen LogP contribution < -0.4 is 19.6 Å². The Morgan fingerprint density at radius 2 is 1.91 bits per heavy atom. The maximum absolute atomic E-state index is 13.5. The average Bonchev–Trinajstić information content (AvgIpc) is 3.29.